The van der Waals surface area contributed by atoms with E-state index in [0.717, 1.165) is 12.1 Å². The Hall–Kier alpha value is -2.54. The van der Waals surface area contributed by atoms with Crippen LogP contribution >= 0.6 is 0 Å². The molecule has 2 N–H and O–H groups in total. The van der Waals surface area contributed by atoms with E-state index in [4.69, 9.17) is 9.47 Å². The van der Waals surface area contributed by atoms with Crippen LogP contribution in [0.2, 0.25) is 0 Å². The summed E-state index contributed by atoms with van der Waals surface area (Å²) in [7, 11) is 3.48. The van der Waals surface area contributed by atoms with Gasteiger partial charge in [0.2, 0.25) is 5.91 Å². The van der Waals surface area contributed by atoms with Crippen LogP contribution in [0.3, 0.4) is 0 Å². The van der Waals surface area contributed by atoms with Gasteiger partial charge in [-0.1, -0.05) is 0 Å². The van der Waals surface area contributed by atoms with E-state index in [1.807, 2.05) is 32.4 Å². The van der Waals surface area contributed by atoms with Crippen LogP contribution in [0.1, 0.15) is 18.4 Å². The third-order valence-electron chi connectivity index (χ3n) is 4.43. The molecule has 7 heteroatoms. The van der Waals surface area contributed by atoms with E-state index >= 15 is 0 Å². The maximum absolute atomic E-state index is 12.8. The minimum Gasteiger partial charge on any atom is -0.493 e. The van der Waals surface area contributed by atoms with Gasteiger partial charge >= 0.3 is 0 Å². The van der Waals surface area contributed by atoms with Crippen LogP contribution in [0, 0.1) is 5.92 Å². The molecule has 1 saturated heterocycles. The predicted octanol–water partition coefficient (Wildman–Crippen LogP) is 1.77. The quantitative estimate of drug-likeness (QED) is 0.835. The molecule has 1 aliphatic heterocycles. The van der Waals surface area contributed by atoms with Crippen LogP contribution in [0.4, 0.5) is 5.69 Å². The van der Waals surface area contributed by atoms with Crippen LogP contribution in [0.25, 0.3) is 0 Å². The number of aryl methyl sites for hydroxylation is 1. The fraction of sp³-hybridized carbons (Fsp3) is 0.444. The normalized spacial score (nSPS) is 19.6. The summed E-state index contributed by atoms with van der Waals surface area (Å²) >= 11 is 0. The third-order valence-corrected chi connectivity index (χ3v) is 4.43. The zero-order valence-electron chi connectivity index (χ0n) is 14.8. The number of carbonyl (C=O) groups is 1. The molecule has 0 bridgehead atoms. The second-order valence-electron chi connectivity index (χ2n) is 6.11. The Labute approximate surface area is 147 Å². The van der Waals surface area contributed by atoms with E-state index in [1.165, 1.54) is 0 Å². The lowest BCUT2D eigenvalue weighted by Gasteiger charge is -2.18. The topological polar surface area (TPSA) is 77.4 Å². The zero-order chi connectivity index (χ0) is 17.8. The first-order valence-electron chi connectivity index (χ1n) is 8.43. The molecule has 25 heavy (non-hydrogen) atoms. The van der Waals surface area contributed by atoms with Crippen LogP contribution in [0.15, 0.2) is 30.6 Å². The summed E-state index contributed by atoms with van der Waals surface area (Å²) in [5.74, 6) is 1.25. The lowest BCUT2D eigenvalue weighted by molar-refractivity contribution is -0.119. The van der Waals surface area contributed by atoms with Crippen molar-refractivity contribution in [2.24, 2.45) is 13.0 Å². The number of nitrogens with one attached hydrogen (secondary N) is 2. The Morgan fingerprint density at radius 2 is 2.24 bits per heavy atom. The lowest BCUT2D eigenvalue weighted by atomic mass is 9.90. The first-order valence-corrected chi connectivity index (χ1v) is 8.43. The molecule has 134 valence electrons. The molecule has 1 aliphatic rings. The van der Waals surface area contributed by atoms with Crippen molar-refractivity contribution in [3.05, 3.63) is 36.2 Å². The number of nitrogens with zero attached hydrogens (tertiary/aromatic N) is 2. The Kier molecular flexibility index (Phi) is 5.23. The molecule has 2 aromatic rings. The van der Waals surface area contributed by atoms with Crippen LogP contribution in [0.5, 0.6) is 11.5 Å². The van der Waals surface area contributed by atoms with Crippen molar-refractivity contribution in [3.8, 4) is 11.5 Å². The molecule has 0 unspecified atom stereocenters. The highest BCUT2D eigenvalue weighted by Gasteiger charge is 2.34. The number of hydrogen-bond donors (Lipinski definition) is 2. The Morgan fingerprint density at radius 1 is 1.40 bits per heavy atom. The number of amides is 1. The fourth-order valence-corrected chi connectivity index (χ4v) is 3.19. The van der Waals surface area contributed by atoms with E-state index in [0.29, 0.717) is 30.3 Å². The number of benzene rings is 1. The second kappa shape index (κ2) is 7.57. The third kappa shape index (κ3) is 3.76. The molecular formula is C18H24N4O3. The number of anilines is 1. The van der Waals surface area contributed by atoms with Crippen LogP contribution in [-0.2, 0) is 11.8 Å². The summed E-state index contributed by atoms with van der Waals surface area (Å²) in [6.07, 6.45) is 3.80. The van der Waals surface area contributed by atoms with Crippen molar-refractivity contribution in [2.45, 2.75) is 12.8 Å². The maximum atomic E-state index is 12.8. The average Bonchev–Trinajstić information content (AvgIpc) is 3.24. The summed E-state index contributed by atoms with van der Waals surface area (Å²) < 4.78 is 12.6. The van der Waals surface area contributed by atoms with E-state index in [2.05, 4.69) is 15.7 Å². The molecule has 0 aliphatic carbocycles. The summed E-state index contributed by atoms with van der Waals surface area (Å²) in [5, 5.41) is 10.5. The van der Waals surface area contributed by atoms with Crippen molar-refractivity contribution in [3.63, 3.8) is 0 Å². The van der Waals surface area contributed by atoms with Gasteiger partial charge in [0, 0.05) is 44.0 Å². The first-order chi connectivity index (χ1) is 12.1. The summed E-state index contributed by atoms with van der Waals surface area (Å²) in [6.45, 7) is 3.87. The molecule has 7 nitrogen and oxygen atoms in total. The predicted molar refractivity (Wildman–Crippen MR) is 95.1 cm³/mol. The monoisotopic (exact) mass is 344 g/mol. The summed E-state index contributed by atoms with van der Waals surface area (Å²) in [5.41, 5.74) is 1.78. The molecular weight excluding hydrogens is 320 g/mol. The molecule has 0 saturated carbocycles. The standard InChI is InChI=1S/C18H24N4O3/c1-4-25-17-7-13(5-6-16(17)24-3)21-18(23)15-10-19-9-14(15)12-8-20-22(2)11-12/h5-8,11,14-15,19H,4,9-10H2,1-3H3,(H,21,23)/t14-,15+/m1/s1. The molecule has 2 atom stereocenters. The zero-order valence-corrected chi connectivity index (χ0v) is 14.8. The smallest absolute Gasteiger partial charge is 0.229 e. The van der Waals surface area contributed by atoms with E-state index in [9.17, 15) is 4.79 Å². The highest BCUT2D eigenvalue weighted by Crippen LogP contribution is 2.32. The highest BCUT2D eigenvalue weighted by molar-refractivity contribution is 5.94. The van der Waals surface area contributed by atoms with Crippen molar-refractivity contribution in [2.75, 3.05) is 32.1 Å². The van der Waals surface area contributed by atoms with Gasteiger partial charge in [-0.05, 0) is 24.6 Å². The SMILES string of the molecule is CCOc1cc(NC(=O)[C@H]2CNC[C@@H]2c2cnn(C)c2)ccc1OC. The maximum Gasteiger partial charge on any atom is 0.229 e. The van der Waals surface area contributed by atoms with Crippen molar-refractivity contribution in [1.82, 2.24) is 15.1 Å². The van der Waals surface area contributed by atoms with Gasteiger partial charge in [-0.25, -0.2) is 0 Å². The minimum atomic E-state index is -0.137. The summed E-state index contributed by atoms with van der Waals surface area (Å²) in [6, 6.07) is 5.41. The molecule has 0 spiro atoms. The minimum absolute atomic E-state index is 0.00790. The lowest BCUT2D eigenvalue weighted by Crippen LogP contribution is -2.28. The first kappa shape index (κ1) is 17.3. The largest absolute Gasteiger partial charge is 0.493 e. The number of rotatable bonds is 6. The van der Waals surface area contributed by atoms with Gasteiger partial charge in [-0.3, -0.25) is 9.48 Å². The van der Waals surface area contributed by atoms with Gasteiger partial charge in [0.05, 0.1) is 25.8 Å². The van der Waals surface area contributed by atoms with Crippen molar-refractivity contribution >= 4 is 11.6 Å². The number of carbonyl (C=O) groups excluding carboxylic acids is 1. The number of hydrogen-bond acceptors (Lipinski definition) is 5. The molecule has 0 radical (unpaired) electrons. The van der Waals surface area contributed by atoms with Gasteiger partial charge in [-0.2, -0.15) is 5.10 Å². The Bertz CT molecular complexity index is 744. The average molecular weight is 344 g/mol. The molecule has 1 aromatic carbocycles. The molecule has 1 amide bonds. The summed E-state index contributed by atoms with van der Waals surface area (Å²) in [4.78, 5) is 12.8. The number of ether oxygens (including phenoxy) is 2. The van der Waals surface area contributed by atoms with Crippen molar-refractivity contribution < 1.29 is 14.3 Å². The van der Waals surface area contributed by atoms with Gasteiger partial charge in [0.25, 0.3) is 0 Å². The van der Waals surface area contributed by atoms with E-state index in [1.54, 1.807) is 23.9 Å². The number of aromatic nitrogens is 2. The Morgan fingerprint density at radius 3 is 2.92 bits per heavy atom. The van der Waals surface area contributed by atoms with Gasteiger partial charge < -0.3 is 20.1 Å². The van der Waals surface area contributed by atoms with Crippen molar-refractivity contribution in [1.29, 1.82) is 0 Å². The van der Waals surface area contributed by atoms with Gasteiger partial charge in [-0.15, -0.1) is 0 Å². The van der Waals surface area contributed by atoms with E-state index < -0.39 is 0 Å². The fourth-order valence-electron chi connectivity index (χ4n) is 3.19. The van der Waals surface area contributed by atoms with Crippen LogP contribution < -0.4 is 20.1 Å². The molecule has 1 aromatic heterocycles. The van der Waals surface area contributed by atoms with E-state index in [-0.39, 0.29) is 17.7 Å². The highest BCUT2D eigenvalue weighted by atomic mass is 16.5. The van der Waals surface area contributed by atoms with Crippen LogP contribution in [-0.4, -0.2) is 42.5 Å². The Balaban J connectivity index is 1.74. The van der Waals surface area contributed by atoms with Gasteiger partial charge in [0.15, 0.2) is 11.5 Å². The van der Waals surface area contributed by atoms with Gasteiger partial charge in [0.1, 0.15) is 0 Å². The molecule has 1 fully saturated rings. The second-order valence-corrected chi connectivity index (χ2v) is 6.11. The number of methoxy groups -OCH3 is 1. The molecule has 3 rings (SSSR count). The molecule has 2 heterocycles.